The van der Waals surface area contributed by atoms with Gasteiger partial charge >= 0.3 is 0 Å². The Labute approximate surface area is 177 Å². The summed E-state index contributed by atoms with van der Waals surface area (Å²) in [5.74, 6) is 0.167. The lowest BCUT2D eigenvalue weighted by molar-refractivity contribution is 0.0453. The number of ether oxygens (including phenoxy) is 2. The van der Waals surface area contributed by atoms with Crippen molar-refractivity contribution in [3.05, 3.63) is 52.3 Å². The summed E-state index contributed by atoms with van der Waals surface area (Å²) >= 11 is 6.15. The third-order valence-corrected chi connectivity index (χ3v) is 4.56. The first-order chi connectivity index (χ1) is 14.1. The fraction of sp³-hybridized carbons (Fsp3) is 0.476. The number of rotatable bonds is 12. The van der Waals surface area contributed by atoms with Crippen molar-refractivity contribution in [3.8, 4) is 0 Å². The van der Waals surface area contributed by atoms with Crippen LogP contribution in [0.2, 0.25) is 5.02 Å². The van der Waals surface area contributed by atoms with Gasteiger partial charge in [-0.1, -0.05) is 35.9 Å². The van der Waals surface area contributed by atoms with Crippen LogP contribution in [0.4, 0.5) is 5.95 Å². The van der Waals surface area contributed by atoms with Gasteiger partial charge in [-0.05, 0) is 31.9 Å². The normalized spacial score (nSPS) is 10.8. The molecular formula is C21H29ClN4O3. The van der Waals surface area contributed by atoms with Crippen LogP contribution in [0, 0.1) is 0 Å². The van der Waals surface area contributed by atoms with E-state index < -0.39 is 0 Å². The molecule has 1 N–H and O–H groups in total. The molecule has 0 aliphatic rings. The highest BCUT2D eigenvalue weighted by molar-refractivity contribution is 6.33. The minimum absolute atomic E-state index is 0.180. The number of benzene rings is 1. The van der Waals surface area contributed by atoms with Crippen LogP contribution in [0.3, 0.4) is 0 Å². The first-order valence-corrected chi connectivity index (χ1v) is 10.3. The predicted octanol–water partition coefficient (Wildman–Crippen LogP) is 3.46. The van der Waals surface area contributed by atoms with E-state index in [0.29, 0.717) is 38.9 Å². The summed E-state index contributed by atoms with van der Waals surface area (Å²) in [7, 11) is 0. The van der Waals surface area contributed by atoms with Crippen LogP contribution in [0.1, 0.15) is 42.4 Å². The Bertz CT molecular complexity index is 784. The van der Waals surface area contributed by atoms with Crippen LogP contribution in [0.15, 0.2) is 30.5 Å². The molecule has 8 heteroatoms. The van der Waals surface area contributed by atoms with Gasteiger partial charge in [0.1, 0.15) is 0 Å². The molecule has 0 bridgehead atoms. The van der Waals surface area contributed by atoms with Gasteiger partial charge in [0.25, 0.3) is 5.91 Å². The van der Waals surface area contributed by atoms with Gasteiger partial charge in [-0.15, -0.1) is 0 Å². The Morgan fingerprint density at radius 2 is 1.86 bits per heavy atom. The summed E-state index contributed by atoms with van der Waals surface area (Å²) in [6, 6.07) is 7.89. The number of aromatic nitrogens is 2. The smallest absolute Gasteiger partial charge is 0.271 e. The largest absolute Gasteiger partial charge is 0.379 e. The van der Waals surface area contributed by atoms with Crippen LogP contribution in [-0.4, -0.2) is 48.8 Å². The number of halogens is 1. The Morgan fingerprint density at radius 3 is 2.59 bits per heavy atom. The molecule has 158 valence electrons. The molecule has 1 heterocycles. The second kappa shape index (κ2) is 12.4. The van der Waals surface area contributed by atoms with E-state index in [0.717, 1.165) is 24.2 Å². The van der Waals surface area contributed by atoms with Crippen LogP contribution < -0.4 is 10.2 Å². The number of anilines is 1. The van der Waals surface area contributed by atoms with Crippen molar-refractivity contribution >= 4 is 23.5 Å². The molecule has 0 spiro atoms. The molecule has 1 amide bonds. The number of carbonyl (C=O) groups excluding carboxylic acids is 1. The van der Waals surface area contributed by atoms with Crippen LogP contribution in [0.5, 0.6) is 0 Å². The lowest BCUT2D eigenvalue weighted by atomic mass is 10.1. The fourth-order valence-electron chi connectivity index (χ4n) is 2.72. The average molecular weight is 421 g/mol. The van der Waals surface area contributed by atoms with E-state index in [1.165, 1.54) is 6.20 Å². The molecular weight excluding hydrogens is 392 g/mol. The van der Waals surface area contributed by atoms with Crippen molar-refractivity contribution in [2.24, 2.45) is 0 Å². The molecule has 0 saturated carbocycles. The molecule has 2 aromatic rings. The molecule has 1 aromatic carbocycles. The fourth-order valence-corrected chi connectivity index (χ4v) is 2.90. The summed E-state index contributed by atoms with van der Waals surface area (Å²) in [6.07, 6.45) is 1.47. The summed E-state index contributed by atoms with van der Waals surface area (Å²) in [6.45, 7) is 10.2. The number of hydrogen-bond acceptors (Lipinski definition) is 6. The number of carbonyl (C=O) groups is 1. The minimum atomic E-state index is -0.329. The maximum Gasteiger partial charge on any atom is 0.271 e. The van der Waals surface area contributed by atoms with Gasteiger partial charge in [-0.3, -0.25) is 4.79 Å². The number of amides is 1. The Balaban J connectivity index is 1.95. The molecule has 0 saturated heterocycles. The highest BCUT2D eigenvalue weighted by atomic mass is 35.5. The number of nitrogens with zero attached hydrogens (tertiary/aromatic N) is 3. The summed E-state index contributed by atoms with van der Waals surface area (Å²) in [5.41, 5.74) is 2.19. The standard InChI is InChI=1S/C21H29ClN4O3/c1-4-26(5-2)21-24-14-18(22)19(25-21)20(27)23-13-16-8-7-9-17(12-16)15-29-11-10-28-6-3/h7-9,12,14H,4-6,10-11,13,15H2,1-3H3,(H,23,27). The highest BCUT2D eigenvalue weighted by Crippen LogP contribution is 2.17. The van der Waals surface area contributed by atoms with Crippen molar-refractivity contribution < 1.29 is 14.3 Å². The van der Waals surface area contributed by atoms with Crippen molar-refractivity contribution in [2.45, 2.75) is 33.9 Å². The van der Waals surface area contributed by atoms with E-state index in [9.17, 15) is 4.79 Å². The van der Waals surface area contributed by atoms with Crippen molar-refractivity contribution in [3.63, 3.8) is 0 Å². The maximum atomic E-state index is 12.6. The minimum Gasteiger partial charge on any atom is -0.379 e. The SMILES string of the molecule is CCOCCOCc1cccc(CNC(=O)c2nc(N(CC)CC)ncc2Cl)c1. The zero-order valence-electron chi connectivity index (χ0n) is 17.3. The predicted molar refractivity (Wildman–Crippen MR) is 114 cm³/mol. The van der Waals surface area contributed by atoms with Gasteiger partial charge in [-0.25, -0.2) is 9.97 Å². The van der Waals surface area contributed by atoms with E-state index in [2.05, 4.69) is 15.3 Å². The summed E-state index contributed by atoms with van der Waals surface area (Å²) in [4.78, 5) is 23.1. The van der Waals surface area contributed by atoms with E-state index in [1.807, 2.05) is 49.9 Å². The van der Waals surface area contributed by atoms with Gasteiger partial charge in [0.2, 0.25) is 5.95 Å². The zero-order chi connectivity index (χ0) is 21.1. The van der Waals surface area contributed by atoms with Gasteiger partial charge in [0.15, 0.2) is 5.69 Å². The Kier molecular flexibility index (Phi) is 9.83. The molecule has 0 fully saturated rings. The van der Waals surface area contributed by atoms with E-state index >= 15 is 0 Å². The van der Waals surface area contributed by atoms with E-state index in [-0.39, 0.29) is 16.6 Å². The second-order valence-electron chi connectivity index (χ2n) is 6.29. The van der Waals surface area contributed by atoms with Crippen molar-refractivity contribution in [2.75, 3.05) is 37.8 Å². The second-order valence-corrected chi connectivity index (χ2v) is 6.70. The molecule has 7 nitrogen and oxygen atoms in total. The molecule has 0 aliphatic heterocycles. The van der Waals surface area contributed by atoms with Crippen LogP contribution >= 0.6 is 11.6 Å². The third-order valence-electron chi connectivity index (χ3n) is 4.28. The van der Waals surface area contributed by atoms with E-state index in [4.69, 9.17) is 21.1 Å². The van der Waals surface area contributed by atoms with E-state index in [1.54, 1.807) is 0 Å². The van der Waals surface area contributed by atoms with Crippen molar-refractivity contribution in [1.29, 1.82) is 0 Å². The monoisotopic (exact) mass is 420 g/mol. The molecule has 29 heavy (non-hydrogen) atoms. The summed E-state index contributed by atoms with van der Waals surface area (Å²) < 4.78 is 10.8. The zero-order valence-corrected chi connectivity index (χ0v) is 18.0. The molecule has 0 atom stereocenters. The van der Waals surface area contributed by atoms with Crippen LogP contribution in [-0.2, 0) is 22.6 Å². The average Bonchev–Trinajstić information content (AvgIpc) is 2.74. The lowest BCUT2D eigenvalue weighted by Crippen LogP contribution is -2.28. The third kappa shape index (κ3) is 7.27. The topological polar surface area (TPSA) is 76.6 Å². The van der Waals surface area contributed by atoms with Gasteiger partial charge in [0.05, 0.1) is 31.0 Å². The maximum absolute atomic E-state index is 12.6. The first kappa shape index (κ1) is 23.1. The van der Waals surface area contributed by atoms with Gasteiger partial charge < -0.3 is 19.7 Å². The van der Waals surface area contributed by atoms with Gasteiger partial charge in [0, 0.05) is 26.2 Å². The molecule has 1 aromatic heterocycles. The number of hydrogen-bond donors (Lipinski definition) is 1. The lowest BCUT2D eigenvalue weighted by Gasteiger charge is -2.19. The Morgan fingerprint density at radius 1 is 1.14 bits per heavy atom. The highest BCUT2D eigenvalue weighted by Gasteiger charge is 2.16. The Hall–Kier alpha value is -2.22. The quantitative estimate of drug-likeness (QED) is 0.530. The molecule has 2 rings (SSSR count). The first-order valence-electron chi connectivity index (χ1n) is 9.87. The van der Waals surface area contributed by atoms with Crippen LogP contribution in [0.25, 0.3) is 0 Å². The molecule has 0 aliphatic carbocycles. The van der Waals surface area contributed by atoms with Gasteiger partial charge in [-0.2, -0.15) is 0 Å². The molecule has 0 radical (unpaired) electrons. The summed E-state index contributed by atoms with van der Waals surface area (Å²) in [5, 5.41) is 3.11. The number of nitrogens with one attached hydrogen (secondary N) is 1. The molecule has 0 unspecified atom stereocenters. The van der Waals surface area contributed by atoms with Crippen molar-refractivity contribution in [1.82, 2.24) is 15.3 Å².